The average molecular weight is 906 g/mol. The SMILES string of the molecule is C.Cc1cc(Cl)cc(C)c1-c1ccc(-c2ccc(F)cc2F)nc1.Cc1cc(Cl)cc(C)c1B1OC(C)(C)C(C)(C)O1.Fc1ccc(-c2ccc(Br)cn2)c(F)c1.[Li+].[OH-]. The second-order valence-corrected chi connectivity index (χ2v) is 16.3. The topological polar surface area (TPSA) is 74.2 Å². The average Bonchev–Trinajstić information content (AvgIpc) is 3.31. The van der Waals surface area contributed by atoms with Crippen LogP contribution >= 0.6 is 39.1 Å². The number of halogens is 7. The molecule has 59 heavy (non-hydrogen) atoms. The summed E-state index contributed by atoms with van der Waals surface area (Å²) < 4.78 is 65.8. The second kappa shape index (κ2) is 21.3. The van der Waals surface area contributed by atoms with E-state index in [1.165, 1.54) is 24.3 Å². The smallest absolute Gasteiger partial charge is 0.870 e. The van der Waals surface area contributed by atoms with Gasteiger partial charge in [-0.3, -0.25) is 9.97 Å². The summed E-state index contributed by atoms with van der Waals surface area (Å²) in [5, 5.41) is 1.45. The van der Waals surface area contributed by atoms with Gasteiger partial charge < -0.3 is 14.8 Å². The van der Waals surface area contributed by atoms with E-state index in [4.69, 9.17) is 32.5 Å². The van der Waals surface area contributed by atoms with Crippen LogP contribution in [0.1, 0.15) is 57.4 Å². The zero-order valence-corrected chi connectivity index (χ0v) is 36.7. The summed E-state index contributed by atoms with van der Waals surface area (Å²) in [5.41, 5.74) is 8.32. The number of aromatic nitrogens is 2. The Morgan fingerprint density at radius 1 is 0.593 bits per heavy atom. The van der Waals surface area contributed by atoms with Crippen LogP contribution in [0.2, 0.25) is 10.0 Å². The van der Waals surface area contributed by atoms with E-state index in [9.17, 15) is 17.6 Å². The number of hydrogen-bond donors (Lipinski definition) is 0. The maximum absolute atomic E-state index is 13.8. The van der Waals surface area contributed by atoms with Crippen LogP contribution in [0, 0.1) is 51.0 Å². The van der Waals surface area contributed by atoms with Gasteiger partial charge >= 0.3 is 26.0 Å². The van der Waals surface area contributed by atoms with Crippen molar-refractivity contribution in [1.29, 1.82) is 0 Å². The van der Waals surface area contributed by atoms with Gasteiger partial charge in [-0.05, 0) is 171 Å². The Morgan fingerprint density at radius 3 is 1.37 bits per heavy atom. The van der Waals surface area contributed by atoms with Crippen molar-refractivity contribution >= 4 is 51.7 Å². The van der Waals surface area contributed by atoms with Gasteiger partial charge in [0, 0.05) is 55.7 Å². The molecule has 1 N–H and O–H groups in total. The molecule has 0 radical (unpaired) electrons. The molecule has 1 aliphatic heterocycles. The number of pyridine rings is 2. The zero-order chi connectivity index (χ0) is 41.1. The molecule has 6 aromatic rings. The molecular formula is C45H45BBrCl2F4LiN2O3. The number of rotatable bonds is 4. The first-order valence-corrected chi connectivity index (χ1v) is 19.2. The Balaban J connectivity index is 0.000000304. The number of benzene rings is 4. The van der Waals surface area contributed by atoms with Crippen LogP contribution in [-0.2, 0) is 9.31 Å². The van der Waals surface area contributed by atoms with E-state index in [1.807, 2.05) is 58.0 Å². The van der Waals surface area contributed by atoms with E-state index < -0.39 is 23.3 Å². The van der Waals surface area contributed by atoms with E-state index in [1.54, 1.807) is 30.6 Å². The summed E-state index contributed by atoms with van der Waals surface area (Å²) in [6, 6.07) is 21.7. The molecule has 1 fully saturated rings. The molecule has 0 aliphatic carbocycles. The molecule has 5 nitrogen and oxygen atoms in total. The molecule has 0 amide bonds. The van der Waals surface area contributed by atoms with Crippen molar-refractivity contribution in [1.82, 2.24) is 9.97 Å². The molecule has 1 aliphatic rings. The molecule has 1 saturated heterocycles. The first-order chi connectivity index (χ1) is 26.3. The number of nitrogens with zero attached hydrogens (tertiary/aromatic N) is 2. The molecule has 4 aromatic carbocycles. The van der Waals surface area contributed by atoms with Crippen molar-refractivity contribution in [3.05, 3.63) is 157 Å². The van der Waals surface area contributed by atoms with Gasteiger partial charge in [0.15, 0.2) is 0 Å². The van der Waals surface area contributed by atoms with Crippen LogP contribution < -0.4 is 24.3 Å². The van der Waals surface area contributed by atoms with E-state index in [0.717, 1.165) is 60.5 Å². The first kappa shape index (κ1) is 51.6. The van der Waals surface area contributed by atoms with Gasteiger partial charge in [-0.2, -0.15) is 0 Å². The van der Waals surface area contributed by atoms with Gasteiger partial charge in [0.1, 0.15) is 23.3 Å². The van der Waals surface area contributed by atoms with Crippen LogP contribution in [0.5, 0.6) is 0 Å². The molecular weight excluding hydrogens is 861 g/mol. The third-order valence-corrected chi connectivity index (χ3v) is 10.6. The van der Waals surface area contributed by atoms with Gasteiger partial charge in [-0.25, -0.2) is 17.6 Å². The summed E-state index contributed by atoms with van der Waals surface area (Å²) in [4.78, 5) is 8.35. The van der Waals surface area contributed by atoms with Gasteiger partial charge in [0.05, 0.1) is 22.6 Å². The molecule has 14 heteroatoms. The fraction of sp³-hybridized carbons (Fsp3) is 0.244. The molecule has 2 aromatic heterocycles. The Kier molecular flexibility index (Phi) is 18.7. The Labute approximate surface area is 375 Å². The largest absolute Gasteiger partial charge is 1.00 e. The zero-order valence-electron chi connectivity index (χ0n) is 33.6. The van der Waals surface area contributed by atoms with E-state index in [0.29, 0.717) is 22.0 Å². The molecule has 0 saturated carbocycles. The van der Waals surface area contributed by atoms with E-state index in [-0.39, 0.29) is 55.6 Å². The Hall–Kier alpha value is -3.50. The van der Waals surface area contributed by atoms with Crippen molar-refractivity contribution in [2.24, 2.45) is 0 Å². The maximum atomic E-state index is 13.8. The predicted molar refractivity (Wildman–Crippen MR) is 232 cm³/mol. The van der Waals surface area contributed by atoms with Crippen molar-refractivity contribution in [2.75, 3.05) is 0 Å². The van der Waals surface area contributed by atoms with Gasteiger partial charge in [-0.15, -0.1) is 0 Å². The van der Waals surface area contributed by atoms with Gasteiger partial charge in [-0.1, -0.05) is 36.7 Å². The van der Waals surface area contributed by atoms with Crippen molar-refractivity contribution in [3.8, 4) is 33.6 Å². The van der Waals surface area contributed by atoms with Crippen LogP contribution in [0.15, 0.2) is 102 Å². The van der Waals surface area contributed by atoms with Crippen LogP contribution in [0.25, 0.3) is 33.6 Å². The third kappa shape index (κ3) is 12.5. The fourth-order valence-electron chi connectivity index (χ4n) is 6.25. The molecule has 306 valence electrons. The predicted octanol–water partition coefficient (Wildman–Crippen LogP) is 10.5. The summed E-state index contributed by atoms with van der Waals surface area (Å²) >= 11 is 15.3. The van der Waals surface area contributed by atoms with Crippen LogP contribution in [-0.4, -0.2) is 33.8 Å². The molecule has 7 rings (SSSR count). The molecule has 0 bridgehead atoms. The molecule has 3 heterocycles. The van der Waals surface area contributed by atoms with Crippen molar-refractivity contribution in [2.45, 2.75) is 74.0 Å². The van der Waals surface area contributed by atoms with E-state index in [2.05, 4.69) is 53.6 Å². The van der Waals surface area contributed by atoms with Crippen LogP contribution in [0.3, 0.4) is 0 Å². The summed E-state index contributed by atoms with van der Waals surface area (Å²) in [5.74, 6) is -2.42. The standard InChI is InChI=1S/C19H14ClF2N.C14H20BClO2.C11H6BrF2N.CH4.Li.H2O/c1-11-7-14(20)8-12(2)19(11)13-3-6-18(23-10-13)16-5-4-15(21)9-17(16)22;1-9-7-11(16)8-10(2)12(9)15-17-13(3,4)14(5,6)18-15;12-7-1-4-11(15-6-7)9-3-2-8(13)5-10(9)14;;;/h3-10H,1-2H3;7-8H,1-6H3;1-6H;1H4;;1H2/q;;;;+1;/p-1. The molecule has 0 unspecified atom stereocenters. The van der Waals surface area contributed by atoms with E-state index >= 15 is 0 Å². The molecule has 0 atom stereocenters. The van der Waals surface area contributed by atoms with Gasteiger partial charge in [0.25, 0.3) is 0 Å². The third-order valence-electron chi connectivity index (χ3n) is 9.74. The number of hydrogen-bond acceptors (Lipinski definition) is 5. The van der Waals surface area contributed by atoms with Crippen LogP contribution in [0.4, 0.5) is 17.6 Å². The minimum Gasteiger partial charge on any atom is -0.870 e. The van der Waals surface area contributed by atoms with Crippen molar-refractivity contribution < 1.29 is 51.2 Å². The summed E-state index contributed by atoms with van der Waals surface area (Å²) in [6.45, 7) is 16.3. The summed E-state index contributed by atoms with van der Waals surface area (Å²) in [6.07, 6.45) is 3.26. The quantitative estimate of drug-likeness (QED) is 0.130. The Bertz CT molecular complexity index is 2310. The minimum atomic E-state index is -0.621. The Morgan fingerprint density at radius 2 is 1.00 bits per heavy atom. The fourth-order valence-corrected chi connectivity index (χ4v) is 7.14. The first-order valence-electron chi connectivity index (χ1n) is 17.6. The summed E-state index contributed by atoms with van der Waals surface area (Å²) in [7, 11) is -0.313. The number of aryl methyl sites for hydroxylation is 4. The minimum absolute atomic E-state index is 0. The normalized spacial score (nSPS) is 13.4. The second-order valence-electron chi connectivity index (χ2n) is 14.5. The maximum Gasteiger partial charge on any atom is 1.00 e. The van der Waals surface area contributed by atoms with Gasteiger partial charge in [0.2, 0.25) is 0 Å². The molecule has 0 spiro atoms. The van der Waals surface area contributed by atoms with Crippen molar-refractivity contribution in [3.63, 3.8) is 0 Å². The monoisotopic (exact) mass is 904 g/mol.